The van der Waals surface area contributed by atoms with Gasteiger partial charge in [-0.05, 0) is 37.0 Å². The fourth-order valence-corrected chi connectivity index (χ4v) is 2.28. The summed E-state index contributed by atoms with van der Waals surface area (Å²) in [7, 11) is 0. The number of rotatable bonds is 7. The van der Waals surface area contributed by atoms with Crippen LogP contribution in [-0.2, 0) is 14.3 Å². The zero-order valence-electron chi connectivity index (χ0n) is 10.6. The molecule has 106 valence electrons. The van der Waals surface area contributed by atoms with Gasteiger partial charge in [-0.2, -0.15) is 0 Å². The van der Waals surface area contributed by atoms with E-state index in [4.69, 9.17) is 5.11 Å². The number of imide groups is 1. The second-order valence-corrected chi connectivity index (χ2v) is 5.25. The van der Waals surface area contributed by atoms with Crippen LogP contribution in [0.25, 0.3) is 0 Å². The molecule has 19 heavy (non-hydrogen) atoms. The van der Waals surface area contributed by atoms with Gasteiger partial charge in [0, 0.05) is 6.54 Å². The van der Waals surface area contributed by atoms with Gasteiger partial charge in [-0.3, -0.25) is 10.1 Å². The Hall–Kier alpha value is -1.63. The van der Waals surface area contributed by atoms with Crippen LogP contribution in [0.15, 0.2) is 0 Å². The van der Waals surface area contributed by atoms with Gasteiger partial charge in [0.15, 0.2) is 0 Å². The van der Waals surface area contributed by atoms with E-state index in [2.05, 4.69) is 15.4 Å². The summed E-state index contributed by atoms with van der Waals surface area (Å²) in [5.41, 5.74) is 0.278. The van der Waals surface area contributed by atoms with Crippen molar-refractivity contribution in [2.45, 2.75) is 25.7 Å². The summed E-state index contributed by atoms with van der Waals surface area (Å²) in [5, 5.41) is 13.1. The van der Waals surface area contributed by atoms with E-state index < -0.39 is 31.1 Å². The third kappa shape index (κ3) is 4.20. The van der Waals surface area contributed by atoms with Crippen LogP contribution in [0.4, 0.5) is 4.79 Å². The lowest BCUT2D eigenvalue weighted by Crippen LogP contribution is -2.43. The third-order valence-corrected chi connectivity index (χ3v) is 3.65. The van der Waals surface area contributed by atoms with Crippen molar-refractivity contribution in [1.29, 1.82) is 0 Å². The second-order valence-electron chi connectivity index (χ2n) is 5.25. The maximum atomic E-state index is 11.5. The van der Waals surface area contributed by atoms with Gasteiger partial charge in [-0.1, -0.05) is 0 Å². The number of nitrogens with one attached hydrogen (secondary N) is 2. The molecule has 3 N–H and O–H groups in total. The van der Waals surface area contributed by atoms with Crippen LogP contribution >= 0.6 is 0 Å². The van der Waals surface area contributed by atoms with Crippen LogP contribution < -0.4 is 10.6 Å². The highest BCUT2D eigenvalue weighted by molar-refractivity contribution is 5.94. The fraction of sp³-hybridized carbons (Fsp3) is 0.750. The molecule has 0 heterocycles. The molecule has 0 aromatic carbocycles. The van der Waals surface area contributed by atoms with Crippen molar-refractivity contribution in [2.75, 3.05) is 19.8 Å². The molecule has 7 heteroatoms. The lowest BCUT2D eigenvalue weighted by atomic mass is 10.0. The number of hydrogen-bond acceptors (Lipinski definition) is 4. The Kier molecular flexibility index (Phi) is 4.04. The standard InChI is InChI=1S/C12H18N2O5/c15-9(5-19-6-10(16)17)14-11(18)13-7-12(3-4-12)8-1-2-8/h8H,1-7H2,(H,16,17)(H2,13,14,15,18). The molecule has 2 saturated carbocycles. The summed E-state index contributed by atoms with van der Waals surface area (Å²) in [5.74, 6) is -1.06. The van der Waals surface area contributed by atoms with E-state index >= 15 is 0 Å². The minimum absolute atomic E-state index is 0.278. The number of ether oxygens (including phenoxy) is 1. The smallest absolute Gasteiger partial charge is 0.329 e. The molecule has 0 spiro atoms. The lowest BCUT2D eigenvalue weighted by Gasteiger charge is -2.14. The number of amides is 3. The van der Waals surface area contributed by atoms with Crippen LogP contribution in [0.1, 0.15) is 25.7 Å². The Labute approximate surface area is 110 Å². The molecule has 0 radical (unpaired) electrons. The number of carbonyl (C=O) groups is 3. The highest BCUT2D eigenvalue weighted by Gasteiger charge is 2.53. The fourth-order valence-electron chi connectivity index (χ4n) is 2.28. The van der Waals surface area contributed by atoms with Crippen LogP contribution in [-0.4, -0.2) is 42.8 Å². The largest absolute Gasteiger partial charge is 0.480 e. The predicted octanol–water partition coefficient (Wildman–Crippen LogP) is 0.104. The number of carboxylic acid groups (broad SMARTS) is 1. The first-order valence-electron chi connectivity index (χ1n) is 6.39. The highest BCUT2D eigenvalue weighted by atomic mass is 16.5. The molecule has 2 aliphatic carbocycles. The highest BCUT2D eigenvalue weighted by Crippen LogP contribution is 2.60. The van der Waals surface area contributed by atoms with Crippen LogP contribution in [0.3, 0.4) is 0 Å². The first-order chi connectivity index (χ1) is 9.02. The Balaban J connectivity index is 1.58. The van der Waals surface area contributed by atoms with Gasteiger partial charge < -0.3 is 15.2 Å². The number of carboxylic acids is 1. The zero-order chi connectivity index (χ0) is 13.9. The average Bonchev–Trinajstić information content (AvgIpc) is 3.18. The summed E-state index contributed by atoms with van der Waals surface area (Å²) < 4.78 is 4.57. The third-order valence-electron chi connectivity index (χ3n) is 3.65. The molecule has 0 unspecified atom stereocenters. The molecule has 3 amide bonds. The van der Waals surface area contributed by atoms with E-state index in [1.54, 1.807) is 0 Å². The Bertz CT molecular complexity index is 388. The van der Waals surface area contributed by atoms with Gasteiger partial charge in [-0.15, -0.1) is 0 Å². The van der Waals surface area contributed by atoms with E-state index in [1.807, 2.05) is 0 Å². The van der Waals surface area contributed by atoms with E-state index in [9.17, 15) is 14.4 Å². The van der Waals surface area contributed by atoms with E-state index in [1.165, 1.54) is 12.8 Å². The van der Waals surface area contributed by atoms with Crippen molar-refractivity contribution in [3.63, 3.8) is 0 Å². The molecule has 7 nitrogen and oxygen atoms in total. The molecule has 0 aromatic heterocycles. The molecule has 0 atom stereocenters. The van der Waals surface area contributed by atoms with Crippen molar-refractivity contribution in [1.82, 2.24) is 10.6 Å². The number of aliphatic carboxylic acids is 1. The van der Waals surface area contributed by atoms with Crippen LogP contribution in [0.2, 0.25) is 0 Å². The van der Waals surface area contributed by atoms with Crippen molar-refractivity contribution in [3.05, 3.63) is 0 Å². The summed E-state index contributed by atoms with van der Waals surface area (Å²) in [6.07, 6.45) is 4.78. The SMILES string of the molecule is O=C(O)COCC(=O)NC(=O)NCC1(C2CC2)CC1. The lowest BCUT2D eigenvalue weighted by molar-refractivity contribution is -0.143. The Morgan fingerprint density at radius 2 is 1.89 bits per heavy atom. The van der Waals surface area contributed by atoms with Crippen molar-refractivity contribution in [2.24, 2.45) is 11.3 Å². The van der Waals surface area contributed by atoms with Crippen molar-refractivity contribution < 1.29 is 24.2 Å². The minimum Gasteiger partial charge on any atom is -0.480 e. The number of hydrogen-bond donors (Lipinski definition) is 3. The summed E-state index contributed by atoms with van der Waals surface area (Å²) in [6.45, 7) is -0.389. The predicted molar refractivity (Wildman–Crippen MR) is 64.4 cm³/mol. The number of carbonyl (C=O) groups excluding carboxylic acids is 2. The van der Waals surface area contributed by atoms with Gasteiger partial charge >= 0.3 is 12.0 Å². The molecular formula is C12H18N2O5. The quantitative estimate of drug-likeness (QED) is 0.608. The number of urea groups is 1. The summed E-state index contributed by atoms with van der Waals surface area (Å²) in [6, 6.07) is -0.546. The van der Waals surface area contributed by atoms with Crippen molar-refractivity contribution >= 4 is 17.9 Å². The topological polar surface area (TPSA) is 105 Å². The second kappa shape index (κ2) is 5.56. The maximum Gasteiger partial charge on any atom is 0.329 e. The van der Waals surface area contributed by atoms with Crippen LogP contribution in [0.5, 0.6) is 0 Å². The maximum absolute atomic E-state index is 11.5. The van der Waals surface area contributed by atoms with Gasteiger partial charge in [0.25, 0.3) is 5.91 Å². The van der Waals surface area contributed by atoms with Crippen LogP contribution in [0, 0.1) is 11.3 Å². The Morgan fingerprint density at radius 3 is 2.42 bits per heavy atom. The molecule has 0 aromatic rings. The van der Waals surface area contributed by atoms with E-state index in [-0.39, 0.29) is 5.41 Å². The minimum atomic E-state index is -1.16. The molecule has 0 saturated heterocycles. The average molecular weight is 270 g/mol. The molecule has 0 aliphatic heterocycles. The zero-order valence-corrected chi connectivity index (χ0v) is 10.6. The molecule has 2 fully saturated rings. The Morgan fingerprint density at radius 1 is 1.21 bits per heavy atom. The first kappa shape index (κ1) is 13.8. The summed E-state index contributed by atoms with van der Waals surface area (Å²) in [4.78, 5) is 32.8. The summed E-state index contributed by atoms with van der Waals surface area (Å²) >= 11 is 0. The molecular weight excluding hydrogens is 252 g/mol. The van der Waals surface area contributed by atoms with Gasteiger partial charge in [0.2, 0.25) is 0 Å². The normalized spacial score (nSPS) is 19.6. The first-order valence-corrected chi connectivity index (χ1v) is 6.39. The van der Waals surface area contributed by atoms with E-state index in [0.29, 0.717) is 6.54 Å². The molecule has 2 aliphatic rings. The monoisotopic (exact) mass is 270 g/mol. The van der Waals surface area contributed by atoms with E-state index in [0.717, 1.165) is 18.8 Å². The van der Waals surface area contributed by atoms with Gasteiger partial charge in [0.1, 0.15) is 13.2 Å². The van der Waals surface area contributed by atoms with Crippen molar-refractivity contribution in [3.8, 4) is 0 Å². The molecule has 0 bridgehead atoms. The van der Waals surface area contributed by atoms with Gasteiger partial charge in [0.05, 0.1) is 0 Å². The van der Waals surface area contributed by atoms with Gasteiger partial charge in [-0.25, -0.2) is 9.59 Å². The molecule has 2 rings (SSSR count).